The summed E-state index contributed by atoms with van der Waals surface area (Å²) in [5, 5.41) is 8.50. The van der Waals surface area contributed by atoms with Crippen LogP contribution in [0.1, 0.15) is 12.5 Å². The summed E-state index contributed by atoms with van der Waals surface area (Å²) >= 11 is 0. The molecule has 2 rings (SSSR count). The van der Waals surface area contributed by atoms with Gasteiger partial charge in [0.25, 0.3) is 0 Å². The second kappa shape index (κ2) is 4.39. The first-order chi connectivity index (χ1) is 7.65. The average Bonchev–Trinajstić information content (AvgIpc) is 2.23. The van der Waals surface area contributed by atoms with E-state index in [9.17, 15) is 4.79 Å². The highest BCUT2D eigenvalue weighted by molar-refractivity contribution is 5.85. The summed E-state index contributed by atoms with van der Waals surface area (Å²) in [5.74, 6) is -0.132. The minimum absolute atomic E-state index is 0.784. The number of aliphatic carboxylic acids is 1. The number of anilines is 1. The van der Waals surface area contributed by atoms with Crippen LogP contribution in [0.3, 0.4) is 0 Å². The third-order valence-corrected chi connectivity index (χ3v) is 2.74. The van der Waals surface area contributed by atoms with Gasteiger partial charge < -0.3 is 10.0 Å². The van der Waals surface area contributed by atoms with Crippen LogP contribution in [-0.4, -0.2) is 24.2 Å². The number of hydrogen-bond donors (Lipinski definition) is 1. The van der Waals surface area contributed by atoms with Gasteiger partial charge in [-0.3, -0.25) is 0 Å². The molecule has 0 aromatic heterocycles. The summed E-state index contributed by atoms with van der Waals surface area (Å²) in [6.45, 7) is 4.47. The molecule has 0 bridgehead atoms. The maximum absolute atomic E-state index is 10.3. The molecule has 0 amide bonds. The maximum Gasteiger partial charge on any atom is 0.328 e. The van der Waals surface area contributed by atoms with Crippen LogP contribution in [0.2, 0.25) is 0 Å². The van der Waals surface area contributed by atoms with E-state index < -0.39 is 5.97 Å². The summed E-state index contributed by atoms with van der Waals surface area (Å²) in [5.41, 5.74) is 2.13. The lowest BCUT2D eigenvalue weighted by Crippen LogP contribution is -2.45. The molecule has 0 radical (unpaired) electrons. The highest BCUT2D eigenvalue weighted by Gasteiger charge is 2.21. The molecule has 0 atom stereocenters. The quantitative estimate of drug-likeness (QED) is 0.789. The number of hydrogen-bond acceptors (Lipinski definition) is 2. The van der Waals surface area contributed by atoms with Gasteiger partial charge in [-0.05, 0) is 29.7 Å². The standard InChI is InChI=1S/C13H15NO2/c1-10-8-14(9-10)12-5-2-11(3-6-12)4-7-13(15)16/h2-7,10H,8-9H2,1H3,(H,15,16)/b7-4+. The molecular weight excluding hydrogens is 202 g/mol. The van der Waals surface area contributed by atoms with Crippen molar-refractivity contribution in [1.82, 2.24) is 0 Å². The Morgan fingerprint density at radius 3 is 2.50 bits per heavy atom. The van der Waals surface area contributed by atoms with Gasteiger partial charge >= 0.3 is 5.97 Å². The molecular formula is C13H15NO2. The Morgan fingerprint density at radius 2 is 2.00 bits per heavy atom. The topological polar surface area (TPSA) is 40.5 Å². The molecule has 1 aromatic rings. The molecule has 0 saturated carbocycles. The molecule has 0 aliphatic carbocycles. The molecule has 84 valence electrons. The van der Waals surface area contributed by atoms with Gasteiger partial charge in [-0.1, -0.05) is 19.1 Å². The van der Waals surface area contributed by atoms with E-state index in [4.69, 9.17) is 5.11 Å². The third-order valence-electron chi connectivity index (χ3n) is 2.74. The van der Waals surface area contributed by atoms with Crippen molar-refractivity contribution in [3.05, 3.63) is 35.9 Å². The van der Waals surface area contributed by atoms with Gasteiger partial charge in [-0.15, -0.1) is 0 Å². The lowest BCUT2D eigenvalue weighted by atomic mass is 10.0. The largest absolute Gasteiger partial charge is 0.478 e. The fourth-order valence-electron chi connectivity index (χ4n) is 1.87. The molecule has 1 heterocycles. The van der Waals surface area contributed by atoms with Crippen molar-refractivity contribution < 1.29 is 9.90 Å². The fraction of sp³-hybridized carbons (Fsp3) is 0.308. The number of rotatable bonds is 3. The van der Waals surface area contributed by atoms with Crippen molar-refractivity contribution in [3.8, 4) is 0 Å². The summed E-state index contributed by atoms with van der Waals surface area (Å²) in [6, 6.07) is 7.95. The van der Waals surface area contributed by atoms with Gasteiger partial charge in [0, 0.05) is 24.9 Å². The Balaban J connectivity index is 2.02. The van der Waals surface area contributed by atoms with Crippen LogP contribution >= 0.6 is 0 Å². The van der Waals surface area contributed by atoms with Gasteiger partial charge in [0.15, 0.2) is 0 Å². The monoisotopic (exact) mass is 217 g/mol. The van der Waals surface area contributed by atoms with E-state index in [2.05, 4.69) is 11.8 Å². The van der Waals surface area contributed by atoms with Crippen LogP contribution in [0, 0.1) is 5.92 Å². The summed E-state index contributed by atoms with van der Waals surface area (Å²) in [4.78, 5) is 12.7. The molecule has 1 fully saturated rings. The van der Waals surface area contributed by atoms with Crippen molar-refractivity contribution in [2.24, 2.45) is 5.92 Å². The minimum Gasteiger partial charge on any atom is -0.478 e. The highest BCUT2D eigenvalue weighted by Crippen LogP contribution is 2.24. The minimum atomic E-state index is -0.916. The van der Waals surface area contributed by atoms with E-state index in [0.29, 0.717) is 0 Å². The molecule has 1 aromatic carbocycles. The molecule has 3 heteroatoms. The highest BCUT2D eigenvalue weighted by atomic mass is 16.4. The number of benzene rings is 1. The van der Waals surface area contributed by atoms with Crippen LogP contribution in [0.25, 0.3) is 6.08 Å². The van der Waals surface area contributed by atoms with E-state index in [1.54, 1.807) is 6.08 Å². The Morgan fingerprint density at radius 1 is 1.38 bits per heavy atom. The van der Waals surface area contributed by atoms with E-state index in [1.165, 1.54) is 5.69 Å². The zero-order valence-electron chi connectivity index (χ0n) is 9.26. The first-order valence-corrected chi connectivity index (χ1v) is 5.41. The normalized spacial score (nSPS) is 16.4. The lowest BCUT2D eigenvalue weighted by molar-refractivity contribution is -0.131. The lowest BCUT2D eigenvalue weighted by Gasteiger charge is -2.39. The number of carboxylic acid groups (broad SMARTS) is 1. The first kappa shape index (κ1) is 10.7. The maximum atomic E-state index is 10.3. The predicted octanol–water partition coefficient (Wildman–Crippen LogP) is 2.24. The van der Waals surface area contributed by atoms with Gasteiger partial charge in [-0.25, -0.2) is 4.79 Å². The van der Waals surface area contributed by atoms with Gasteiger partial charge in [0.05, 0.1) is 0 Å². The van der Waals surface area contributed by atoms with Crippen LogP contribution < -0.4 is 4.90 Å². The van der Waals surface area contributed by atoms with Gasteiger partial charge in [0.2, 0.25) is 0 Å². The molecule has 0 unspecified atom stereocenters. The summed E-state index contributed by atoms with van der Waals surface area (Å²) in [6.07, 6.45) is 2.76. The molecule has 0 spiro atoms. The number of carbonyl (C=O) groups is 1. The van der Waals surface area contributed by atoms with Crippen LogP contribution in [0.5, 0.6) is 0 Å². The summed E-state index contributed by atoms with van der Waals surface area (Å²) in [7, 11) is 0. The number of nitrogens with zero attached hydrogens (tertiary/aromatic N) is 1. The Bertz CT molecular complexity index is 402. The van der Waals surface area contributed by atoms with Gasteiger partial charge in [-0.2, -0.15) is 0 Å². The molecule has 16 heavy (non-hydrogen) atoms. The molecule has 3 nitrogen and oxygen atoms in total. The van der Waals surface area contributed by atoms with Crippen molar-refractivity contribution in [2.75, 3.05) is 18.0 Å². The van der Waals surface area contributed by atoms with E-state index in [-0.39, 0.29) is 0 Å². The fourth-order valence-corrected chi connectivity index (χ4v) is 1.87. The Hall–Kier alpha value is -1.77. The predicted molar refractivity (Wildman–Crippen MR) is 64.5 cm³/mol. The number of carboxylic acids is 1. The van der Waals surface area contributed by atoms with Crippen LogP contribution in [0.15, 0.2) is 30.3 Å². The SMILES string of the molecule is CC1CN(c2ccc(/C=C/C(=O)O)cc2)C1. The zero-order chi connectivity index (χ0) is 11.5. The van der Waals surface area contributed by atoms with Crippen molar-refractivity contribution in [1.29, 1.82) is 0 Å². The van der Waals surface area contributed by atoms with Crippen molar-refractivity contribution >= 4 is 17.7 Å². The van der Waals surface area contributed by atoms with E-state index >= 15 is 0 Å². The first-order valence-electron chi connectivity index (χ1n) is 5.41. The molecule has 1 aliphatic rings. The molecule has 1 saturated heterocycles. The van der Waals surface area contributed by atoms with E-state index in [1.807, 2.05) is 24.3 Å². The van der Waals surface area contributed by atoms with Crippen molar-refractivity contribution in [3.63, 3.8) is 0 Å². The Labute approximate surface area is 95.0 Å². The van der Waals surface area contributed by atoms with Gasteiger partial charge in [0.1, 0.15) is 0 Å². The van der Waals surface area contributed by atoms with Crippen molar-refractivity contribution in [2.45, 2.75) is 6.92 Å². The molecule has 1 N–H and O–H groups in total. The summed E-state index contributed by atoms with van der Waals surface area (Å²) < 4.78 is 0. The third kappa shape index (κ3) is 2.42. The average molecular weight is 217 g/mol. The second-order valence-electron chi connectivity index (χ2n) is 4.27. The van der Waals surface area contributed by atoms with E-state index in [0.717, 1.165) is 30.6 Å². The Kier molecular flexibility index (Phi) is 2.95. The van der Waals surface area contributed by atoms with Crippen LogP contribution in [-0.2, 0) is 4.79 Å². The zero-order valence-corrected chi connectivity index (χ0v) is 9.26. The van der Waals surface area contributed by atoms with Crippen LogP contribution in [0.4, 0.5) is 5.69 Å². The smallest absolute Gasteiger partial charge is 0.328 e. The second-order valence-corrected chi connectivity index (χ2v) is 4.27. The molecule has 1 aliphatic heterocycles.